The Morgan fingerprint density at radius 1 is 0.403 bits per heavy atom. The van der Waals surface area contributed by atoms with E-state index in [1.54, 1.807) is 0 Å². The molecule has 0 saturated heterocycles. The van der Waals surface area contributed by atoms with Crippen molar-refractivity contribution in [2.24, 2.45) is 0 Å². The molecule has 0 atom stereocenters. The van der Waals surface area contributed by atoms with Gasteiger partial charge in [0.05, 0.1) is 0 Å². The van der Waals surface area contributed by atoms with E-state index in [1.165, 1.54) is 103 Å². The van der Waals surface area contributed by atoms with Crippen LogP contribution in [-0.4, -0.2) is 0 Å². The molecule has 310 valence electrons. The van der Waals surface area contributed by atoms with Crippen LogP contribution in [0.2, 0.25) is 0 Å². The molecule has 0 amide bonds. The fourth-order valence-electron chi connectivity index (χ4n) is 8.50. The number of fused-ring (bicyclic) bond motifs is 9. The molecule has 0 bridgehead atoms. The van der Waals surface area contributed by atoms with Crippen LogP contribution in [0.5, 0.6) is 0 Å². The van der Waals surface area contributed by atoms with Gasteiger partial charge in [-0.15, -0.1) is 11.3 Å². The molecule has 0 unspecified atom stereocenters. The van der Waals surface area contributed by atoms with Crippen molar-refractivity contribution in [1.29, 1.82) is 0 Å². The second kappa shape index (κ2) is 19.6. The topological polar surface area (TPSA) is 0 Å². The Balaban J connectivity index is 0.000000124. The Hall–Kier alpha value is -6.28. The van der Waals surface area contributed by atoms with Gasteiger partial charge in [-0.25, -0.2) is 0 Å². The summed E-state index contributed by atoms with van der Waals surface area (Å²) in [5.74, 6) is 0. The third-order valence-electron chi connectivity index (χ3n) is 12.0. The molecule has 1 aliphatic carbocycles. The summed E-state index contributed by atoms with van der Waals surface area (Å²) in [5, 5.41) is 8.28. The van der Waals surface area contributed by atoms with E-state index in [1.807, 2.05) is 29.5 Å². The third-order valence-corrected chi connectivity index (χ3v) is 13.1. The minimum absolute atomic E-state index is 0.0888. The molecule has 62 heavy (non-hydrogen) atoms. The Bertz CT molecular complexity index is 3050. The van der Waals surface area contributed by atoms with Crippen molar-refractivity contribution in [2.45, 2.75) is 74.1 Å². The van der Waals surface area contributed by atoms with E-state index in [4.69, 9.17) is 0 Å². The molecule has 10 aromatic rings. The minimum Gasteiger partial charge on any atom is -0.135 e. The lowest BCUT2D eigenvalue weighted by atomic mass is 9.81. The van der Waals surface area contributed by atoms with E-state index in [-0.39, 0.29) is 5.41 Å². The normalized spacial score (nSPS) is 11.8. The van der Waals surface area contributed by atoms with Gasteiger partial charge in [0.25, 0.3) is 0 Å². The van der Waals surface area contributed by atoms with E-state index >= 15 is 0 Å². The molecule has 0 saturated carbocycles. The van der Waals surface area contributed by atoms with Crippen molar-refractivity contribution in [2.75, 3.05) is 0 Å². The lowest BCUT2D eigenvalue weighted by Crippen LogP contribution is -2.15. The molecule has 0 nitrogen and oxygen atoms in total. The lowest BCUT2D eigenvalue weighted by Gasteiger charge is -2.22. The average molecular weight is 825 g/mol. The van der Waals surface area contributed by atoms with Crippen molar-refractivity contribution >= 4 is 53.1 Å². The first-order valence-electron chi connectivity index (χ1n) is 22.0. The zero-order valence-electron chi connectivity index (χ0n) is 38.0. The van der Waals surface area contributed by atoms with Crippen LogP contribution in [0.4, 0.5) is 0 Å². The van der Waals surface area contributed by atoms with Gasteiger partial charge in [0.15, 0.2) is 0 Å². The molecule has 1 aromatic heterocycles. The summed E-state index contributed by atoms with van der Waals surface area (Å²) in [5.41, 5.74) is 15.4. The predicted molar refractivity (Wildman–Crippen MR) is 275 cm³/mol. The van der Waals surface area contributed by atoms with E-state index in [2.05, 4.69) is 232 Å². The van der Waals surface area contributed by atoms with Crippen LogP contribution in [0.3, 0.4) is 0 Å². The van der Waals surface area contributed by atoms with Crippen LogP contribution in [-0.2, 0) is 11.8 Å². The minimum atomic E-state index is 0.0888. The summed E-state index contributed by atoms with van der Waals surface area (Å²) >= 11 is 1.89. The number of thiophene rings is 1. The second-order valence-electron chi connectivity index (χ2n) is 17.2. The Morgan fingerprint density at radius 2 is 0.935 bits per heavy atom. The average Bonchev–Trinajstić information content (AvgIpc) is 3.77. The lowest BCUT2D eigenvalue weighted by molar-refractivity contribution is 0.659. The standard InChI is InChI=1S/C21H20.C14H12S.C11H10.C8H10.C7H8/c1-13-9-10-17-18(11-13)21(3,4)19-12-14(2)15-7-5-6-8-16(15)20(17)19;1-2-10-6-5-9-13-14(10)11-7-3-4-8-12(11)15-13;1-9-6-7-10-4-2-3-5-11(10)8-9;1-7-3-5-8(2)6-4-7;1-7-5-3-2-4-6-7/h5-12H,1-4H3;3-9H,2H2,1H3;2-8H,1H3;3-6H,1-2H3;2-6H,1H3. The predicted octanol–water partition coefficient (Wildman–Crippen LogP) is 17.8. The van der Waals surface area contributed by atoms with Gasteiger partial charge >= 0.3 is 0 Å². The molecule has 1 heteroatoms. The zero-order valence-corrected chi connectivity index (χ0v) is 38.8. The van der Waals surface area contributed by atoms with Gasteiger partial charge < -0.3 is 0 Å². The molecule has 0 spiro atoms. The maximum absolute atomic E-state index is 2.40. The van der Waals surface area contributed by atoms with Crippen molar-refractivity contribution in [3.63, 3.8) is 0 Å². The van der Waals surface area contributed by atoms with Gasteiger partial charge in [0.2, 0.25) is 0 Å². The molecule has 0 fully saturated rings. The summed E-state index contributed by atoms with van der Waals surface area (Å²) in [6.45, 7) is 19.7. The van der Waals surface area contributed by atoms with Crippen LogP contribution in [0, 0.1) is 41.5 Å². The van der Waals surface area contributed by atoms with Crippen LogP contribution in [0.25, 0.3) is 52.8 Å². The zero-order chi connectivity index (χ0) is 43.8. The molecular formula is C61H60S. The first-order chi connectivity index (χ1) is 29.9. The SMILES string of the molecule is CCc1cccc2sc3ccccc3c12.Cc1ccc(C)cc1.Cc1ccc2c(c1)C(C)(C)c1cc(C)c3ccccc3c1-2.Cc1ccc2ccccc2c1.Cc1ccccc1. The number of benzene rings is 9. The van der Waals surface area contributed by atoms with Gasteiger partial charge in [-0.1, -0.05) is 225 Å². The number of hydrogen-bond acceptors (Lipinski definition) is 1. The first kappa shape index (κ1) is 43.8. The van der Waals surface area contributed by atoms with Crippen LogP contribution in [0.15, 0.2) is 188 Å². The van der Waals surface area contributed by atoms with Crippen molar-refractivity contribution in [3.8, 4) is 11.1 Å². The number of rotatable bonds is 1. The molecule has 1 aliphatic rings. The highest BCUT2D eigenvalue weighted by Crippen LogP contribution is 2.52. The fraction of sp³-hybridized carbons (Fsp3) is 0.180. The highest BCUT2D eigenvalue weighted by atomic mass is 32.1. The summed E-state index contributed by atoms with van der Waals surface area (Å²) in [6, 6.07) is 67.1. The molecule has 1 heterocycles. The fourth-order valence-corrected chi connectivity index (χ4v) is 9.65. The summed E-state index contributed by atoms with van der Waals surface area (Å²) in [4.78, 5) is 0. The summed E-state index contributed by atoms with van der Waals surface area (Å²) in [6.07, 6.45) is 1.11. The molecule has 0 N–H and O–H groups in total. The van der Waals surface area contributed by atoms with Gasteiger partial charge in [-0.05, 0) is 115 Å². The summed E-state index contributed by atoms with van der Waals surface area (Å²) < 4.78 is 2.81. The Morgan fingerprint density at radius 3 is 1.60 bits per heavy atom. The smallest absolute Gasteiger partial charge is 0.0358 e. The number of hydrogen-bond donors (Lipinski definition) is 0. The second-order valence-corrected chi connectivity index (χ2v) is 18.3. The van der Waals surface area contributed by atoms with Gasteiger partial charge in [-0.3, -0.25) is 0 Å². The van der Waals surface area contributed by atoms with Crippen LogP contribution >= 0.6 is 11.3 Å². The maximum atomic E-state index is 2.40. The van der Waals surface area contributed by atoms with Crippen molar-refractivity contribution in [3.05, 3.63) is 238 Å². The first-order valence-corrected chi connectivity index (χ1v) is 22.8. The highest BCUT2D eigenvalue weighted by molar-refractivity contribution is 7.25. The Labute approximate surface area is 374 Å². The molecule has 0 aliphatic heterocycles. The highest BCUT2D eigenvalue weighted by Gasteiger charge is 2.36. The molecular weight excluding hydrogens is 765 g/mol. The molecule has 9 aromatic carbocycles. The maximum Gasteiger partial charge on any atom is 0.0358 e. The third kappa shape index (κ3) is 9.91. The van der Waals surface area contributed by atoms with Crippen LogP contribution in [0.1, 0.15) is 70.8 Å². The van der Waals surface area contributed by atoms with Gasteiger partial charge in [0.1, 0.15) is 0 Å². The molecule has 0 radical (unpaired) electrons. The van der Waals surface area contributed by atoms with Crippen molar-refractivity contribution in [1.82, 2.24) is 0 Å². The van der Waals surface area contributed by atoms with Crippen LogP contribution < -0.4 is 0 Å². The largest absolute Gasteiger partial charge is 0.135 e. The van der Waals surface area contributed by atoms with E-state index in [0.717, 1.165) is 6.42 Å². The van der Waals surface area contributed by atoms with E-state index < -0.39 is 0 Å². The number of aryl methyl sites for hydroxylation is 7. The Kier molecular flexibility index (Phi) is 13.9. The quantitative estimate of drug-likeness (QED) is 0.155. The van der Waals surface area contributed by atoms with Gasteiger partial charge in [-0.2, -0.15) is 0 Å². The molecule has 11 rings (SSSR count). The van der Waals surface area contributed by atoms with E-state index in [0.29, 0.717) is 0 Å². The summed E-state index contributed by atoms with van der Waals surface area (Å²) in [7, 11) is 0. The van der Waals surface area contributed by atoms with E-state index in [9.17, 15) is 0 Å². The monoisotopic (exact) mass is 824 g/mol. The van der Waals surface area contributed by atoms with Crippen molar-refractivity contribution < 1.29 is 0 Å². The van der Waals surface area contributed by atoms with Gasteiger partial charge in [0, 0.05) is 25.6 Å².